The van der Waals surface area contributed by atoms with E-state index >= 15 is 0 Å². The molecule has 0 saturated heterocycles. The summed E-state index contributed by atoms with van der Waals surface area (Å²) in [5.74, 6) is -0.572. The molecular weight excluding hydrogens is 350 g/mol. The number of amides is 1. The number of nitrogens with one attached hydrogen (secondary N) is 1. The van der Waals surface area contributed by atoms with Crippen LogP contribution in [-0.4, -0.2) is 23.8 Å². The molecule has 0 spiro atoms. The van der Waals surface area contributed by atoms with E-state index in [-0.39, 0.29) is 18.4 Å². The standard InChI is InChI=1S/C21H24ClNO3/c1-21(2,15-22)20(25)23-18(13-16-9-5-3-6-10-16)19(24)26-14-17-11-7-4-8-12-17/h3-12,18H,13-15H2,1-2H3,(H,23,25)/t18-/m1/s1. The molecule has 0 heterocycles. The first kappa shape index (κ1) is 20.0. The highest BCUT2D eigenvalue weighted by atomic mass is 35.5. The molecule has 0 unspecified atom stereocenters. The molecule has 0 aromatic heterocycles. The van der Waals surface area contributed by atoms with Crippen molar-refractivity contribution in [3.8, 4) is 0 Å². The van der Waals surface area contributed by atoms with Gasteiger partial charge in [-0.25, -0.2) is 4.79 Å². The van der Waals surface area contributed by atoms with E-state index in [4.69, 9.17) is 16.3 Å². The van der Waals surface area contributed by atoms with Crippen molar-refractivity contribution in [3.63, 3.8) is 0 Å². The largest absolute Gasteiger partial charge is 0.459 e. The number of esters is 1. The lowest BCUT2D eigenvalue weighted by molar-refractivity contribution is -0.150. The Bertz CT molecular complexity index is 717. The molecule has 0 fully saturated rings. The summed E-state index contributed by atoms with van der Waals surface area (Å²) in [6.45, 7) is 3.65. The van der Waals surface area contributed by atoms with Gasteiger partial charge in [-0.15, -0.1) is 11.6 Å². The Morgan fingerprint density at radius 1 is 1.00 bits per heavy atom. The lowest BCUT2D eigenvalue weighted by atomic mass is 9.94. The van der Waals surface area contributed by atoms with Gasteiger partial charge in [-0.05, 0) is 25.0 Å². The first-order valence-electron chi connectivity index (χ1n) is 8.54. The molecule has 0 saturated carbocycles. The summed E-state index contributed by atoms with van der Waals surface area (Å²) in [5, 5.41) is 2.79. The first-order chi connectivity index (χ1) is 12.4. The zero-order chi connectivity index (χ0) is 19.0. The summed E-state index contributed by atoms with van der Waals surface area (Å²) in [4.78, 5) is 25.1. The summed E-state index contributed by atoms with van der Waals surface area (Å²) in [6.07, 6.45) is 0.360. The molecule has 1 atom stereocenters. The number of carbonyl (C=O) groups excluding carboxylic acids is 2. The summed E-state index contributed by atoms with van der Waals surface area (Å²) in [7, 11) is 0. The SMILES string of the molecule is CC(C)(CCl)C(=O)N[C@H](Cc1ccccc1)C(=O)OCc1ccccc1. The summed E-state index contributed by atoms with van der Waals surface area (Å²) < 4.78 is 5.42. The maximum Gasteiger partial charge on any atom is 0.329 e. The lowest BCUT2D eigenvalue weighted by Gasteiger charge is -2.25. The van der Waals surface area contributed by atoms with Crippen LogP contribution in [0.5, 0.6) is 0 Å². The van der Waals surface area contributed by atoms with Crippen LogP contribution < -0.4 is 5.32 Å². The van der Waals surface area contributed by atoms with Crippen molar-refractivity contribution < 1.29 is 14.3 Å². The third-order valence-electron chi connectivity index (χ3n) is 4.05. The molecule has 0 bridgehead atoms. The third kappa shape index (κ3) is 5.88. The Hall–Kier alpha value is -2.33. The molecule has 5 heteroatoms. The maximum atomic E-state index is 12.6. The molecule has 0 aliphatic heterocycles. The normalized spacial score (nSPS) is 12.3. The number of carbonyl (C=O) groups is 2. The monoisotopic (exact) mass is 373 g/mol. The average Bonchev–Trinajstić information content (AvgIpc) is 2.67. The van der Waals surface area contributed by atoms with Crippen molar-refractivity contribution in [2.45, 2.75) is 32.9 Å². The lowest BCUT2D eigenvalue weighted by Crippen LogP contribution is -2.48. The van der Waals surface area contributed by atoms with Gasteiger partial charge in [-0.1, -0.05) is 60.7 Å². The maximum absolute atomic E-state index is 12.6. The van der Waals surface area contributed by atoms with Crippen LogP contribution in [0.25, 0.3) is 0 Å². The molecule has 0 aliphatic rings. The second kappa shape index (κ2) is 9.39. The first-order valence-corrected chi connectivity index (χ1v) is 9.07. The molecule has 1 amide bonds. The van der Waals surface area contributed by atoms with Gasteiger partial charge in [0, 0.05) is 12.3 Å². The molecule has 0 aliphatic carbocycles. The second-order valence-corrected chi connectivity index (χ2v) is 7.09. The number of ether oxygens (including phenoxy) is 1. The number of benzene rings is 2. The van der Waals surface area contributed by atoms with Gasteiger partial charge in [0.2, 0.25) is 5.91 Å². The van der Waals surface area contributed by atoms with Gasteiger partial charge in [0.05, 0.1) is 5.41 Å². The van der Waals surface area contributed by atoms with Crippen LogP contribution in [0.3, 0.4) is 0 Å². The van der Waals surface area contributed by atoms with E-state index in [1.54, 1.807) is 13.8 Å². The highest BCUT2D eigenvalue weighted by molar-refractivity contribution is 6.19. The molecule has 138 valence electrons. The predicted molar refractivity (Wildman–Crippen MR) is 103 cm³/mol. The Kier molecular flexibility index (Phi) is 7.22. The Morgan fingerprint density at radius 2 is 1.54 bits per heavy atom. The van der Waals surface area contributed by atoms with E-state index in [9.17, 15) is 9.59 Å². The number of alkyl halides is 1. The smallest absolute Gasteiger partial charge is 0.329 e. The number of hydrogen-bond donors (Lipinski definition) is 1. The van der Waals surface area contributed by atoms with Crippen molar-refractivity contribution >= 4 is 23.5 Å². The van der Waals surface area contributed by atoms with Crippen LogP contribution in [0, 0.1) is 5.41 Å². The fourth-order valence-corrected chi connectivity index (χ4v) is 2.41. The third-order valence-corrected chi connectivity index (χ3v) is 4.71. The molecule has 2 rings (SSSR count). The highest BCUT2D eigenvalue weighted by Crippen LogP contribution is 2.18. The van der Waals surface area contributed by atoms with Crippen molar-refractivity contribution in [2.24, 2.45) is 5.41 Å². The number of rotatable bonds is 8. The minimum Gasteiger partial charge on any atom is -0.459 e. The van der Waals surface area contributed by atoms with E-state index in [1.165, 1.54) is 0 Å². The molecule has 2 aromatic carbocycles. The van der Waals surface area contributed by atoms with Crippen LogP contribution in [0.4, 0.5) is 0 Å². The van der Waals surface area contributed by atoms with E-state index in [0.717, 1.165) is 11.1 Å². The zero-order valence-electron chi connectivity index (χ0n) is 15.1. The number of halogens is 1. The minimum absolute atomic E-state index is 0.163. The van der Waals surface area contributed by atoms with Crippen LogP contribution in [-0.2, 0) is 27.4 Å². The average molecular weight is 374 g/mol. The molecule has 26 heavy (non-hydrogen) atoms. The van der Waals surface area contributed by atoms with E-state index < -0.39 is 17.4 Å². The predicted octanol–water partition coefficient (Wildman–Crippen LogP) is 3.72. The van der Waals surface area contributed by atoms with Crippen molar-refractivity contribution in [1.82, 2.24) is 5.32 Å². The highest BCUT2D eigenvalue weighted by Gasteiger charge is 2.31. The fourth-order valence-electron chi connectivity index (χ4n) is 2.29. The van der Waals surface area contributed by atoms with E-state index in [2.05, 4.69) is 5.32 Å². The van der Waals surface area contributed by atoms with Crippen LogP contribution in [0.1, 0.15) is 25.0 Å². The van der Waals surface area contributed by atoms with Gasteiger partial charge in [-0.2, -0.15) is 0 Å². The van der Waals surface area contributed by atoms with Crippen molar-refractivity contribution in [1.29, 1.82) is 0 Å². The van der Waals surface area contributed by atoms with Crippen LogP contribution in [0.2, 0.25) is 0 Å². The molecule has 0 radical (unpaired) electrons. The fraction of sp³-hybridized carbons (Fsp3) is 0.333. The minimum atomic E-state index is -0.768. The molecular formula is C21H24ClNO3. The molecule has 4 nitrogen and oxygen atoms in total. The van der Waals surface area contributed by atoms with Gasteiger partial charge in [0.25, 0.3) is 0 Å². The van der Waals surface area contributed by atoms with Gasteiger partial charge in [0.1, 0.15) is 12.6 Å². The Morgan fingerprint density at radius 3 is 2.08 bits per heavy atom. The van der Waals surface area contributed by atoms with Gasteiger partial charge < -0.3 is 10.1 Å². The number of hydrogen-bond acceptors (Lipinski definition) is 3. The van der Waals surface area contributed by atoms with Gasteiger partial charge in [0.15, 0.2) is 0 Å². The molecule has 2 aromatic rings. The van der Waals surface area contributed by atoms with Crippen molar-refractivity contribution in [3.05, 3.63) is 71.8 Å². The second-order valence-electron chi connectivity index (χ2n) is 6.83. The zero-order valence-corrected chi connectivity index (χ0v) is 15.8. The van der Waals surface area contributed by atoms with Gasteiger partial charge in [-0.3, -0.25) is 4.79 Å². The van der Waals surface area contributed by atoms with Crippen LogP contribution >= 0.6 is 11.6 Å². The molecule has 1 N–H and O–H groups in total. The Balaban J connectivity index is 2.08. The Labute approximate surface area is 159 Å². The van der Waals surface area contributed by atoms with E-state index in [0.29, 0.717) is 6.42 Å². The summed E-state index contributed by atoms with van der Waals surface area (Å²) in [6, 6.07) is 18.2. The van der Waals surface area contributed by atoms with Crippen LogP contribution in [0.15, 0.2) is 60.7 Å². The summed E-state index contributed by atoms with van der Waals surface area (Å²) in [5.41, 5.74) is 1.07. The topological polar surface area (TPSA) is 55.4 Å². The van der Waals surface area contributed by atoms with Crippen molar-refractivity contribution in [2.75, 3.05) is 5.88 Å². The van der Waals surface area contributed by atoms with Gasteiger partial charge >= 0.3 is 5.97 Å². The summed E-state index contributed by atoms with van der Waals surface area (Å²) >= 11 is 5.88. The van der Waals surface area contributed by atoms with E-state index in [1.807, 2.05) is 60.7 Å². The quantitative estimate of drug-likeness (QED) is 0.566.